The van der Waals surface area contributed by atoms with Crippen LogP contribution in [0.5, 0.6) is 11.5 Å². The number of carbonyl (C=O) groups is 1. The molecule has 0 saturated carbocycles. The van der Waals surface area contributed by atoms with E-state index in [-0.39, 0.29) is 17.5 Å². The number of rotatable bonds is 12. The standard InChI is InChI=1S/C29H36N8O4/c1-8-27(38)31-20-17-21(25(41-7)18-23(20)35(5)15-14-34(3)4)32-28-30-13-12-26(33-28)37-22-11-10-19(40-6)16-24(22)36(9-2)29(37)39/h8,10-13,16-18H,1,9,14-15H2,2-7H3,(H,31,38)(H,30,32,33). The number of imidazole rings is 1. The molecule has 0 radical (unpaired) electrons. The number of nitrogens with one attached hydrogen (secondary N) is 2. The molecule has 0 spiro atoms. The zero-order valence-electron chi connectivity index (χ0n) is 24.3. The number of benzene rings is 2. The van der Waals surface area contributed by atoms with E-state index in [0.29, 0.717) is 40.8 Å². The number of aromatic nitrogens is 4. The maximum Gasteiger partial charge on any atom is 0.334 e. The Balaban J connectivity index is 1.76. The van der Waals surface area contributed by atoms with Gasteiger partial charge in [-0.25, -0.2) is 14.3 Å². The Bertz CT molecular complexity index is 1630. The Morgan fingerprint density at radius 3 is 2.49 bits per heavy atom. The number of anilines is 4. The lowest BCUT2D eigenvalue weighted by Gasteiger charge is -2.26. The first-order valence-corrected chi connectivity index (χ1v) is 13.1. The molecule has 216 valence electrons. The van der Waals surface area contributed by atoms with E-state index in [4.69, 9.17) is 9.47 Å². The molecule has 2 N–H and O–H groups in total. The van der Waals surface area contributed by atoms with E-state index >= 15 is 0 Å². The van der Waals surface area contributed by atoms with Crippen molar-refractivity contribution in [2.45, 2.75) is 13.5 Å². The molecule has 0 aliphatic heterocycles. The average Bonchev–Trinajstić information content (AvgIpc) is 3.25. The summed E-state index contributed by atoms with van der Waals surface area (Å²) in [5.74, 6) is 1.48. The molecule has 12 heteroatoms. The number of fused-ring (bicyclic) bond motifs is 1. The first kappa shape index (κ1) is 29.2. The van der Waals surface area contributed by atoms with Crippen molar-refractivity contribution in [2.24, 2.45) is 0 Å². The summed E-state index contributed by atoms with van der Waals surface area (Å²) in [5, 5.41) is 6.08. The van der Waals surface area contributed by atoms with Gasteiger partial charge in [0.15, 0.2) is 0 Å². The van der Waals surface area contributed by atoms with E-state index in [0.717, 1.165) is 24.3 Å². The van der Waals surface area contributed by atoms with Crippen LogP contribution in [0.15, 0.2) is 60.0 Å². The second kappa shape index (κ2) is 12.6. The van der Waals surface area contributed by atoms with Crippen LogP contribution in [0.4, 0.5) is 23.0 Å². The third kappa shape index (κ3) is 6.17. The van der Waals surface area contributed by atoms with Gasteiger partial charge in [-0.2, -0.15) is 4.98 Å². The van der Waals surface area contributed by atoms with E-state index in [1.54, 1.807) is 47.7 Å². The molecule has 0 saturated heterocycles. The lowest BCUT2D eigenvalue weighted by atomic mass is 10.2. The van der Waals surface area contributed by atoms with Crippen LogP contribution >= 0.6 is 0 Å². The van der Waals surface area contributed by atoms with Crippen molar-refractivity contribution in [3.63, 3.8) is 0 Å². The van der Waals surface area contributed by atoms with Crippen molar-refractivity contribution in [3.05, 3.63) is 65.7 Å². The lowest BCUT2D eigenvalue weighted by Crippen LogP contribution is -2.29. The van der Waals surface area contributed by atoms with Crippen LogP contribution in [-0.4, -0.2) is 78.4 Å². The Morgan fingerprint density at radius 2 is 1.83 bits per heavy atom. The van der Waals surface area contributed by atoms with Crippen LogP contribution in [-0.2, 0) is 11.3 Å². The summed E-state index contributed by atoms with van der Waals surface area (Å²) in [7, 11) is 9.10. The predicted octanol–water partition coefficient (Wildman–Crippen LogP) is 3.49. The molecule has 0 bridgehead atoms. The SMILES string of the molecule is C=CC(=O)Nc1cc(Nc2nccc(-n3c(=O)n(CC)c4cc(OC)ccc43)n2)c(OC)cc1N(C)CCN(C)C. The van der Waals surface area contributed by atoms with Crippen molar-refractivity contribution in [1.29, 1.82) is 0 Å². The molecule has 0 fully saturated rings. The topological polar surface area (TPSA) is 119 Å². The number of ether oxygens (including phenoxy) is 2. The highest BCUT2D eigenvalue weighted by Crippen LogP contribution is 2.38. The Kier molecular flexibility index (Phi) is 8.93. The van der Waals surface area contributed by atoms with Gasteiger partial charge in [-0.15, -0.1) is 0 Å². The third-order valence-corrected chi connectivity index (χ3v) is 6.62. The summed E-state index contributed by atoms with van der Waals surface area (Å²) >= 11 is 0. The quantitative estimate of drug-likeness (QED) is 0.251. The van der Waals surface area contributed by atoms with Gasteiger partial charge in [0.2, 0.25) is 11.9 Å². The number of hydrogen-bond acceptors (Lipinski definition) is 9. The second-order valence-electron chi connectivity index (χ2n) is 9.57. The van der Waals surface area contributed by atoms with E-state index in [9.17, 15) is 9.59 Å². The van der Waals surface area contributed by atoms with Gasteiger partial charge in [0.25, 0.3) is 0 Å². The third-order valence-electron chi connectivity index (χ3n) is 6.62. The highest BCUT2D eigenvalue weighted by molar-refractivity contribution is 6.02. The molecule has 0 atom stereocenters. The summed E-state index contributed by atoms with van der Waals surface area (Å²) in [5.41, 5.74) is 3.07. The number of likely N-dealkylation sites (N-methyl/N-ethyl adjacent to an activating group) is 2. The molecule has 4 rings (SSSR count). The minimum atomic E-state index is -0.343. The van der Waals surface area contributed by atoms with Crippen molar-refractivity contribution in [2.75, 3.05) is 64.0 Å². The minimum absolute atomic E-state index is 0.225. The zero-order chi connectivity index (χ0) is 29.7. The minimum Gasteiger partial charge on any atom is -0.497 e. The van der Waals surface area contributed by atoms with Crippen molar-refractivity contribution >= 4 is 40.0 Å². The summed E-state index contributed by atoms with van der Waals surface area (Å²) in [6.07, 6.45) is 2.79. The summed E-state index contributed by atoms with van der Waals surface area (Å²) in [6, 6.07) is 10.7. The number of carbonyl (C=O) groups excluding carboxylic acids is 1. The smallest absolute Gasteiger partial charge is 0.334 e. The number of amides is 1. The monoisotopic (exact) mass is 560 g/mol. The molecule has 0 aliphatic carbocycles. The molecular weight excluding hydrogens is 524 g/mol. The predicted molar refractivity (Wildman–Crippen MR) is 162 cm³/mol. The molecule has 12 nitrogen and oxygen atoms in total. The molecule has 4 aromatic rings. The van der Waals surface area contributed by atoms with Crippen LogP contribution < -0.4 is 30.7 Å². The molecule has 2 heterocycles. The number of nitrogens with zero attached hydrogens (tertiary/aromatic N) is 6. The summed E-state index contributed by atoms with van der Waals surface area (Å²) in [6.45, 7) is 7.50. The molecule has 2 aromatic carbocycles. The van der Waals surface area contributed by atoms with Crippen LogP contribution in [0.25, 0.3) is 16.9 Å². The van der Waals surface area contributed by atoms with Gasteiger partial charge >= 0.3 is 5.69 Å². The Morgan fingerprint density at radius 1 is 1.05 bits per heavy atom. The maximum atomic E-state index is 13.4. The molecule has 1 amide bonds. The maximum absolute atomic E-state index is 13.4. The summed E-state index contributed by atoms with van der Waals surface area (Å²) < 4.78 is 14.3. The van der Waals surface area contributed by atoms with Gasteiger partial charge in [0, 0.05) is 51.1 Å². The van der Waals surface area contributed by atoms with Crippen LogP contribution in [0, 0.1) is 0 Å². The molecule has 2 aromatic heterocycles. The van der Waals surface area contributed by atoms with Crippen LogP contribution in [0.1, 0.15) is 6.92 Å². The lowest BCUT2D eigenvalue weighted by molar-refractivity contribution is -0.111. The Labute approximate surface area is 238 Å². The summed E-state index contributed by atoms with van der Waals surface area (Å²) in [4.78, 5) is 38.8. The molecule has 0 unspecified atom stereocenters. The largest absolute Gasteiger partial charge is 0.497 e. The number of aryl methyl sites for hydroxylation is 1. The van der Waals surface area contributed by atoms with Gasteiger partial charge in [0.1, 0.15) is 17.3 Å². The van der Waals surface area contributed by atoms with E-state index in [1.807, 2.05) is 51.2 Å². The molecule has 0 aliphatic rings. The Hall–Kier alpha value is -4.84. The fourth-order valence-corrected chi connectivity index (χ4v) is 4.45. The van der Waals surface area contributed by atoms with Crippen molar-refractivity contribution in [3.8, 4) is 17.3 Å². The van der Waals surface area contributed by atoms with Gasteiger partial charge < -0.3 is 29.9 Å². The van der Waals surface area contributed by atoms with Crippen LogP contribution in [0.2, 0.25) is 0 Å². The van der Waals surface area contributed by atoms with Gasteiger partial charge in [-0.3, -0.25) is 9.36 Å². The highest BCUT2D eigenvalue weighted by atomic mass is 16.5. The molecular formula is C29H36N8O4. The normalized spacial score (nSPS) is 11.0. The van der Waals surface area contributed by atoms with Gasteiger partial charge in [-0.05, 0) is 45.3 Å². The van der Waals surface area contributed by atoms with Crippen molar-refractivity contribution < 1.29 is 14.3 Å². The number of methoxy groups -OCH3 is 2. The average molecular weight is 561 g/mol. The van der Waals surface area contributed by atoms with Crippen molar-refractivity contribution in [1.82, 2.24) is 24.0 Å². The van der Waals surface area contributed by atoms with E-state index < -0.39 is 0 Å². The second-order valence-corrected chi connectivity index (χ2v) is 9.57. The molecule has 41 heavy (non-hydrogen) atoms. The van der Waals surface area contributed by atoms with Gasteiger partial charge in [0.05, 0.1) is 42.3 Å². The van der Waals surface area contributed by atoms with E-state index in [2.05, 4.69) is 32.1 Å². The fraction of sp³-hybridized carbons (Fsp3) is 0.310. The van der Waals surface area contributed by atoms with Crippen LogP contribution in [0.3, 0.4) is 0 Å². The zero-order valence-corrected chi connectivity index (χ0v) is 24.3. The van der Waals surface area contributed by atoms with E-state index in [1.165, 1.54) is 6.08 Å². The first-order valence-electron chi connectivity index (χ1n) is 13.1. The number of hydrogen-bond donors (Lipinski definition) is 2. The van der Waals surface area contributed by atoms with Gasteiger partial charge in [-0.1, -0.05) is 6.58 Å². The highest BCUT2D eigenvalue weighted by Gasteiger charge is 2.19. The fourth-order valence-electron chi connectivity index (χ4n) is 4.45. The first-order chi connectivity index (χ1) is 19.7.